The van der Waals surface area contributed by atoms with Gasteiger partial charge in [0.25, 0.3) is 0 Å². The fraction of sp³-hybridized carbons (Fsp3) is 0.778. The first-order chi connectivity index (χ1) is 7.00. The van der Waals surface area contributed by atoms with Crippen molar-refractivity contribution in [3.8, 4) is 0 Å². The number of carbonyl (C=O) groups is 2. The van der Waals surface area contributed by atoms with E-state index in [2.05, 4.69) is 0 Å². The van der Waals surface area contributed by atoms with Crippen molar-refractivity contribution >= 4 is 11.9 Å². The predicted octanol–water partition coefficient (Wildman–Crippen LogP) is -1.23. The van der Waals surface area contributed by atoms with Gasteiger partial charge in [-0.15, -0.1) is 0 Å². The number of aliphatic hydroxyl groups excluding tert-OH is 1. The maximum absolute atomic E-state index is 10.8. The highest BCUT2D eigenvalue weighted by Gasteiger charge is 2.32. The van der Waals surface area contributed by atoms with Crippen LogP contribution in [0.3, 0.4) is 0 Å². The Labute approximate surface area is 87.7 Å². The minimum Gasteiger partial charge on any atom is -0.480 e. The van der Waals surface area contributed by atoms with Gasteiger partial charge in [0.1, 0.15) is 0 Å². The number of carboxylic acid groups (broad SMARTS) is 1. The Morgan fingerprint density at radius 3 is 2.40 bits per heavy atom. The van der Waals surface area contributed by atoms with Crippen molar-refractivity contribution in [3.05, 3.63) is 0 Å². The lowest BCUT2D eigenvalue weighted by Crippen LogP contribution is -2.47. The van der Waals surface area contributed by atoms with Crippen molar-refractivity contribution < 1.29 is 19.8 Å². The number of carboxylic acids is 1. The van der Waals surface area contributed by atoms with Crippen LogP contribution in [0.25, 0.3) is 0 Å². The molecule has 0 aliphatic heterocycles. The Bertz CT molecular complexity index is 240. The zero-order chi connectivity index (χ0) is 11.4. The first kappa shape index (κ1) is 11.9. The second kappa shape index (κ2) is 5.09. The largest absolute Gasteiger partial charge is 0.480 e. The molecule has 0 aromatic heterocycles. The Balaban J connectivity index is 2.61. The molecule has 1 aliphatic rings. The first-order valence-electron chi connectivity index (χ1n) is 4.93. The molecule has 86 valence electrons. The molecule has 1 aliphatic carbocycles. The fourth-order valence-electron chi connectivity index (χ4n) is 2.01. The molecule has 1 saturated carbocycles. The highest BCUT2D eigenvalue weighted by atomic mass is 16.4. The maximum atomic E-state index is 10.8. The van der Waals surface area contributed by atoms with Crippen LogP contribution in [-0.4, -0.2) is 52.2 Å². The van der Waals surface area contributed by atoms with Gasteiger partial charge in [0.2, 0.25) is 5.91 Å². The van der Waals surface area contributed by atoms with E-state index in [-0.39, 0.29) is 19.1 Å². The van der Waals surface area contributed by atoms with Crippen molar-refractivity contribution in [2.75, 3.05) is 13.1 Å². The highest BCUT2D eigenvalue weighted by molar-refractivity contribution is 5.77. The minimum absolute atomic E-state index is 0.117. The summed E-state index contributed by atoms with van der Waals surface area (Å²) < 4.78 is 0. The lowest BCUT2D eigenvalue weighted by molar-refractivity contribution is -0.139. The van der Waals surface area contributed by atoms with Gasteiger partial charge in [-0.3, -0.25) is 14.5 Å². The molecule has 0 bridgehead atoms. The quantitative estimate of drug-likeness (QED) is 0.534. The molecule has 4 N–H and O–H groups in total. The average molecular weight is 216 g/mol. The standard InChI is InChI=1S/C9H16N2O4/c10-8(13)4-11(5-9(14)15)6-2-1-3-7(6)12/h6-7,12H,1-5H2,(H2,10,13)(H,14,15). The summed E-state index contributed by atoms with van der Waals surface area (Å²) in [6, 6.07) is -0.256. The number of aliphatic hydroxyl groups is 1. The molecule has 1 amide bonds. The normalized spacial score (nSPS) is 25.7. The third-order valence-electron chi connectivity index (χ3n) is 2.61. The molecule has 15 heavy (non-hydrogen) atoms. The van der Waals surface area contributed by atoms with Crippen molar-refractivity contribution in [1.29, 1.82) is 0 Å². The van der Waals surface area contributed by atoms with E-state index in [4.69, 9.17) is 10.8 Å². The number of nitrogens with zero attached hydrogens (tertiary/aromatic N) is 1. The Morgan fingerprint density at radius 2 is 2.00 bits per heavy atom. The van der Waals surface area contributed by atoms with Crippen LogP contribution in [-0.2, 0) is 9.59 Å². The van der Waals surface area contributed by atoms with Crippen LogP contribution >= 0.6 is 0 Å². The lowest BCUT2D eigenvalue weighted by atomic mass is 10.1. The summed E-state index contributed by atoms with van der Waals surface area (Å²) in [5, 5.41) is 18.3. The van der Waals surface area contributed by atoms with Gasteiger partial charge < -0.3 is 15.9 Å². The molecule has 2 unspecified atom stereocenters. The van der Waals surface area contributed by atoms with Crippen LogP contribution in [0.2, 0.25) is 0 Å². The summed E-state index contributed by atoms with van der Waals surface area (Å²) in [6.07, 6.45) is 1.66. The molecule has 0 aromatic rings. The first-order valence-corrected chi connectivity index (χ1v) is 4.93. The van der Waals surface area contributed by atoms with Gasteiger partial charge in [-0.25, -0.2) is 0 Å². The van der Waals surface area contributed by atoms with Crippen LogP contribution < -0.4 is 5.73 Å². The van der Waals surface area contributed by atoms with E-state index < -0.39 is 18.0 Å². The van der Waals surface area contributed by atoms with E-state index in [1.807, 2.05) is 0 Å². The molecule has 2 atom stereocenters. The topological polar surface area (TPSA) is 104 Å². The summed E-state index contributed by atoms with van der Waals surface area (Å²) >= 11 is 0. The van der Waals surface area contributed by atoms with E-state index in [0.29, 0.717) is 12.8 Å². The van der Waals surface area contributed by atoms with Gasteiger partial charge in [0.15, 0.2) is 0 Å². The molecule has 0 radical (unpaired) electrons. The highest BCUT2D eigenvalue weighted by Crippen LogP contribution is 2.23. The number of nitrogens with two attached hydrogens (primary N) is 1. The molecule has 0 heterocycles. The second-order valence-corrected chi connectivity index (χ2v) is 3.83. The number of rotatable bonds is 5. The maximum Gasteiger partial charge on any atom is 0.317 e. The van der Waals surface area contributed by atoms with Gasteiger partial charge in [-0.2, -0.15) is 0 Å². The summed E-state index contributed by atoms with van der Waals surface area (Å²) in [6.45, 7) is -0.376. The summed E-state index contributed by atoms with van der Waals surface area (Å²) in [5.41, 5.74) is 5.03. The van der Waals surface area contributed by atoms with E-state index in [1.165, 1.54) is 4.90 Å². The zero-order valence-corrected chi connectivity index (χ0v) is 8.43. The van der Waals surface area contributed by atoms with Gasteiger partial charge >= 0.3 is 5.97 Å². The summed E-state index contributed by atoms with van der Waals surface area (Å²) in [5.74, 6) is -1.59. The molecule has 0 spiro atoms. The molecule has 0 saturated heterocycles. The van der Waals surface area contributed by atoms with Gasteiger partial charge in [0.05, 0.1) is 19.2 Å². The van der Waals surface area contributed by atoms with E-state index in [1.54, 1.807) is 0 Å². The molecular weight excluding hydrogens is 200 g/mol. The number of hydrogen-bond acceptors (Lipinski definition) is 4. The molecular formula is C9H16N2O4. The van der Waals surface area contributed by atoms with Crippen LogP contribution in [0, 0.1) is 0 Å². The van der Waals surface area contributed by atoms with E-state index >= 15 is 0 Å². The van der Waals surface area contributed by atoms with E-state index in [0.717, 1.165) is 6.42 Å². The van der Waals surface area contributed by atoms with Gasteiger partial charge in [-0.1, -0.05) is 0 Å². The van der Waals surface area contributed by atoms with Crippen molar-refractivity contribution in [2.24, 2.45) is 5.73 Å². The van der Waals surface area contributed by atoms with Crippen molar-refractivity contribution in [3.63, 3.8) is 0 Å². The number of hydrogen-bond donors (Lipinski definition) is 3. The smallest absolute Gasteiger partial charge is 0.317 e. The Kier molecular flexibility index (Phi) is 4.05. The number of aliphatic carboxylic acids is 1. The van der Waals surface area contributed by atoms with Crippen LogP contribution in [0.1, 0.15) is 19.3 Å². The predicted molar refractivity (Wildman–Crippen MR) is 52.0 cm³/mol. The molecule has 1 rings (SSSR count). The molecule has 6 nitrogen and oxygen atoms in total. The monoisotopic (exact) mass is 216 g/mol. The molecule has 6 heteroatoms. The van der Waals surface area contributed by atoms with Crippen LogP contribution in [0.4, 0.5) is 0 Å². The minimum atomic E-state index is -1.02. The third kappa shape index (κ3) is 3.49. The second-order valence-electron chi connectivity index (χ2n) is 3.83. The third-order valence-corrected chi connectivity index (χ3v) is 2.61. The summed E-state index contributed by atoms with van der Waals surface area (Å²) in [4.78, 5) is 22.8. The van der Waals surface area contributed by atoms with Crippen molar-refractivity contribution in [2.45, 2.75) is 31.4 Å². The Morgan fingerprint density at radius 1 is 1.33 bits per heavy atom. The fourth-order valence-corrected chi connectivity index (χ4v) is 2.01. The number of carbonyl (C=O) groups excluding carboxylic acids is 1. The van der Waals surface area contributed by atoms with Gasteiger partial charge in [0, 0.05) is 6.04 Å². The zero-order valence-electron chi connectivity index (χ0n) is 8.43. The number of primary amides is 1. The SMILES string of the molecule is NC(=O)CN(CC(=O)O)C1CCCC1O. The lowest BCUT2D eigenvalue weighted by Gasteiger charge is -2.28. The Hall–Kier alpha value is -1.14. The van der Waals surface area contributed by atoms with Crippen LogP contribution in [0.15, 0.2) is 0 Å². The average Bonchev–Trinajstić information content (AvgIpc) is 2.48. The molecule has 1 fully saturated rings. The van der Waals surface area contributed by atoms with Crippen molar-refractivity contribution in [1.82, 2.24) is 4.90 Å². The number of amides is 1. The van der Waals surface area contributed by atoms with Gasteiger partial charge in [-0.05, 0) is 19.3 Å². The summed E-state index contributed by atoms with van der Waals surface area (Å²) in [7, 11) is 0. The molecule has 0 aromatic carbocycles. The van der Waals surface area contributed by atoms with Crippen LogP contribution in [0.5, 0.6) is 0 Å². The van der Waals surface area contributed by atoms with E-state index in [9.17, 15) is 14.7 Å².